The molecule has 0 aromatic heterocycles. The first kappa shape index (κ1) is 21.0. The van der Waals surface area contributed by atoms with E-state index in [0.29, 0.717) is 6.42 Å². The number of hydrogen-bond donors (Lipinski definition) is 2. The van der Waals surface area contributed by atoms with Crippen LogP contribution in [0.1, 0.15) is 33.1 Å². The number of carboxylic acids is 1. The number of carboxylic acid groups (broad SMARTS) is 1. The first-order valence-electron chi connectivity index (χ1n) is 7.09. The molecule has 0 aliphatic rings. The molecule has 0 aromatic carbocycles. The number of hydrogen-bond acceptors (Lipinski definition) is 5. The van der Waals surface area contributed by atoms with Crippen LogP contribution in [0.3, 0.4) is 0 Å². The molecule has 0 aliphatic carbocycles. The second-order valence-electron chi connectivity index (χ2n) is 6.60. The molecule has 0 rings (SSSR count). The fraction of sp³-hybridized carbons (Fsp3) is 0.786. The Labute approximate surface area is 133 Å². The Morgan fingerprint density at radius 2 is 1.91 bits per heavy atom. The molecule has 130 valence electrons. The van der Waals surface area contributed by atoms with Gasteiger partial charge in [-0.3, -0.25) is 4.55 Å². The summed E-state index contributed by atoms with van der Waals surface area (Å²) in [4.78, 5) is 11.8. The van der Waals surface area contributed by atoms with Crippen LogP contribution < -0.4 is 10.8 Å². The van der Waals surface area contributed by atoms with E-state index in [2.05, 4.69) is 6.58 Å². The lowest BCUT2D eigenvalue weighted by atomic mass is 9.82. The maximum atomic E-state index is 11.8. The van der Waals surface area contributed by atoms with Crippen molar-refractivity contribution in [3.63, 3.8) is 0 Å². The van der Waals surface area contributed by atoms with Crippen molar-refractivity contribution >= 4 is 16.1 Å². The summed E-state index contributed by atoms with van der Waals surface area (Å²) in [5, 5.41) is 11.8. The highest BCUT2D eigenvalue weighted by Gasteiger charge is 2.52. The summed E-state index contributed by atoms with van der Waals surface area (Å²) >= 11 is 0. The molecule has 8 heteroatoms. The highest BCUT2D eigenvalue weighted by atomic mass is 32.2. The Kier molecular flexibility index (Phi) is 6.77. The van der Waals surface area contributed by atoms with Crippen LogP contribution in [0.4, 0.5) is 0 Å². The number of nitrogens with two attached hydrogens (primary N) is 1. The van der Waals surface area contributed by atoms with Gasteiger partial charge in [-0.05, 0) is 20.3 Å². The zero-order chi connectivity index (χ0) is 17.8. The van der Waals surface area contributed by atoms with Gasteiger partial charge in [-0.2, -0.15) is 8.42 Å². The van der Waals surface area contributed by atoms with Gasteiger partial charge in [0.2, 0.25) is 0 Å². The minimum absolute atomic E-state index is 0.0102. The molecular formula is C14H28N2O5S. The molecule has 7 nitrogen and oxygen atoms in total. The topological polar surface area (TPSA) is 121 Å². The molecule has 2 atom stereocenters. The first-order valence-corrected chi connectivity index (χ1v) is 8.70. The van der Waals surface area contributed by atoms with Crippen LogP contribution in [0, 0.1) is 0 Å². The van der Waals surface area contributed by atoms with Gasteiger partial charge in [0, 0.05) is 19.4 Å². The van der Waals surface area contributed by atoms with Gasteiger partial charge in [0.25, 0.3) is 10.1 Å². The number of rotatable bonds is 10. The fourth-order valence-corrected chi connectivity index (χ4v) is 3.16. The van der Waals surface area contributed by atoms with Gasteiger partial charge in [-0.25, -0.2) is 0 Å². The highest BCUT2D eigenvalue weighted by molar-refractivity contribution is 7.85. The van der Waals surface area contributed by atoms with Gasteiger partial charge in [-0.1, -0.05) is 6.08 Å². The third kappa shape index (κ3) is 4.28. The van der Waals surface area contributed by atoms with E-state index in [1.54, 1.807) is 20.2 Å². The number of carbonyl (C=O) groups is 1. The average Bonchev–Trinajstić information content (AvgIpc) is 2.36. The molecule has 0 spiro atoms. The number of likely N-dealkylation sites (N-methyl/N-ethyl adjacent to an activating group) is 1. The molecule has 2 unspecified atom stereocenters. The van der Waals surface area contributed by atoms with Gasteiger partial charge in [0.05, 0.1) is 19.8 Å². The Bertz CT molecular complexity index is 517. The molecule has 0 saturated carbocycles. The van der Waals surface area contributed by atoms with Crippen molar-refractivity contribution in [2.75, 3.05) is 26.4 Å². The molecule has 22 heavy (non-hydrogen) atoms. The number of quaternary nitrogens is 1. The van der Waals surface area contributed by atoms with E-state index in [1.807, 2.05) is 6.92 Å². The third-order valence-electron chi connectivity index (χ3n) is 5.11. The van der Waals surface area contributed by atoms with Crippen molar-refractivity contribution < 1.29 is 27.4 Å². The molecular weight excluding hydrogens is 308 g/mol. The lowest BCUT2D eigenvalue weighted by Gasteiger charge is -2.56. The van der Waals surface area contributed by atoms with Crippen molar-refractivity contribution in [1.29, 1.82) is 0 Å². The van der Waals surface area contributed by atoms with Crippen molar-refractivity contribution in [2.24, 2.45) is 5.73 Å². The summed E-state index contributed by atoms with van der Waals surface area (Å²) in [5.74, 6) is -1.77. The highest BCUT2D eigenvalue weighted by Crippen LogP contribution is 2.36. The molecule has 0 saturated heterocycles. The van der Waals surface area contributed by atoms with Gasteiger partial charge >= 0.3 is 0 Å². The Morgan fingerprint density at radius 1 is 1.41 bits per heavy atom. The largest absolute Gasteiger partial charge is 0.544 e. The van der Waals surface area contributed by atoms with E-state index in [9.17, 15) is 18.3 Å². The third-order valence-corrected chi connectivity index (χ3v) is 5.92. The van der Waals surface area contributed by atoms with Crippen molar-refractivity contribution in [3.8, 4) is 0 Å². The van der Waals surface area contributed by atoms with E-state index >= 15 is 0 Å². The summed E-state index contributed by atoms with van der Waals surface area (Å²) in [6.07, 6.45) is 2.23. The predicted molar refractivity (Wildman–Crippen MR) is 83.4 cm³/mol. The minimum atomic E-state index is -4.13. The molecule has 0 amide bonds. The standard InChI is InChI=1S/C14H28N2O5S/c1-6-8-13(2,11-15)16(4,5)14(3,12(17)18)9-7-10-22(19,20)21/h6H,1,7-11,15H2,2-5H3,(H-,17,18,19,20,21). The molecule has 3 N–H and O–H groups in total. The van der Waals surface area contributed by atoms with Crippen LogP contribution in [0.25, 0.3) is 0 Å². The maximum absolute atomic E-state index is 11.8. The van der Waals surface area contributed by atoms with Crippen LogP contribution in [-0.4, -0.2) is 60.9 Å². The van der Waals surface area contributed by atoms with Crippen LogP contribution in [0.15, 0.2) is 12.7 Å². The minimum Gasteiger partial charge on any atom is -0.544 e. The molecule has 0 fully saturated rings. The zero-order valence-corrected chi connectivity index (χ0v) is 14.6. The van der Waals surface area contributed by atoms with Crippen LogP contribution in [0.5, 0.6) is 0 Å². The lowest BCUT2D eigenvalue weighted by molar-refractivity contribution is -0.976. The van der Waals surface area contributed by atoms with Gasteiger partial charge < -0.3 is 20.1 Å². The van der Waals surface area contributed by atoms with Crippen LogP contribution >= 0.6 is 0 Å². The number of nitrogens with zero attached hydrogens (tertiary/aromatic N) is 1. The molecule has 0 aromatic rings. The van der Waals surface area contributed by atoms with Gasteiger partial charge in [-0.15, -0.1) is 6.58 Å². The average molecular weight is 336 g/mol. The normalized spacial score (nSPS) is 18.3. The van der Waals surface area contributed by atoms with Gasteiger partial charge in [0.15, 0.2) is 0 Å². The zero-order valence-electron chi connectivity index (χ0n) is 13.8. The fourth-order valence-electron chi connectivity index (χ4n) is 2.66. The van der Waals surface area contributed by atoms with E-state index < -0.39 is 32.9 Å². The summed E-state index contributed by atoms with van der Waals surface area (Å²) in [5.41, 5.74) is 3.90. The second-order valence-corrected chi connectivity index (χ2v) is 8.17. The van der Waals surface area contributed by atoms with Gasteiger partial charge in [0.1, 0.15) is 17.0 Å². The number of carbonyl (C=O) groups excluding carboxylic acids is 1. The molecule has 0 aliphatic heterocycles. The summed E-state index contributed by atoms with van der Waals surface area (Å²) < 4.78 is 30.5. The quantitative estimate of drug-likeness (QED) is 0.316. The lowest BCUT2D eigenvalue weighted by Crippen LogP contribution is -2.75. The molecule has 0 bridgehead atoms. The Balaban J connectivity index is 5.60. The maximum Gasteiger partial charge on any atom is 0.264 e. The Morgan fingerprint density at radius 3 is 2.23 bits per heavy atom. The summed E-state index contributed by atoms with van der Waals surface area (Å²) in [7, 11) is -0.659. The monoisotopic (exact) mass is 336 g/mol. The molecule has 0 heterocycles. The van der Waals surface area contributed by atoms with Crippen molar-refractivity contribution in [3.05, 3.63) is 12.7 Å². The van der Waals surface area contributed by atoms with Crippen LogP contribution in [0.2, 0.25) is 0 Å². The first-order chi connectivity index (χ1) is 9.77. The summed E-state index contributed by atoms with van der Waals surface area (Å²) in [6, 6.07) is 0. The SMILES string of the molecule is C=CCC(C)(CN)[N+](C)(C)C(C)(CCCS(=O)(=O)O)C(=O)[O-]. The Hall–Kier alpha value is -0.960. The van der Waals surface area contributed by atoms with E-state index in [1.165, 1.54) is 6.92 Å². The van der Waals surface area contributed by atoms with Crippen molar-refractivity contribution in [1.82, 2.24) is 0 Å². The van der Waals surface area contributed by atoms with Crippen molar-refractivity contribution in [2.45, 2.75) is 44.2 Å². The van der Waals surface area contributed by atoms with E-state index in [0.717, 1.165) is 0 Å². The summed E-state index contributed by atoms with van der Waals surface area (Å²) in [6.45, 7) is 7.29. The predicted octanol–water partition coefficient (Wildman–Crippen LogP) is -0.467. The number of aliphatic carboxylic acids is 1. The molecule has 0 radical (unpaired) electrons. The second kappa shape index (κ2) is 7.08. The van der Waals surface area contributed by atoms with E-state index in [-0.39, 0.29) is 23.9 Å². The van der Waals surface area contributed by atoms with E-state index in [4.69, 9.17) is 10.3 Å². The van der Waals surface area contributed by atoms with Crippen LogP contribution in [-0.2, 0) is 14.9 Å². The smallest absolute Gasteiger partial charge is 0.264 e.